The second kappa shape index (κ2) is 9.93. The lowest BCUT2D eigenvalue weighted by Gasteiger charge is -2.33. The van der Waals surface area contributed by atoms with Gasteiger partial charge < -0.3 is 10.6 Å². The predicted octanol–water partition coefficient (Wildman–Crippen LogP) is 3.58. The number of halogens is 2. The lowest BCUT2D eigenvalue weighted by molar-refractivity contribution is 0.431. The van der Waals surface area contributed by atoms with Crippen molar-refractivity contribution in [1.29, 1.82) is 0 Å². The molecule has 0 bridgehead atoms. The van der Waals surface area contributed by atoms with Gasteiger partial charge in [-0.05, 0) is 43.4 Å². The second-order valence-corrected chi connectivity index (χ2v) is 9.11. The van der Waals surface area contributed by atoms with E-state index in [1.807, 2.05) is 35.2 Å². The molecule has 1 aliphatic heterocycles. The summed E-state index contributed by atoms with van der Waals surface area (Å²) >= 11 is 0. The number of aromatic nitrogens is 2. The average Bonchev–Trinajstić information content (AvgIpc) is 2.83. The smallest absolute Gasteiger partial charge is 0.331 e. The number of hydrogen-bond donors (Lipinski definition) is 1. The van der Waals surface area contributed by atoms with Crippen molar-refractivity contribution in [3.63, 3.8) is 0 Å². The zero-order valence-corrected chi connectivity index (χ0v) is 19.5. The predicted molar refractivity (Wildman–Crippen MR) is 129 cm³/mol. The minimum absolute atomic E-state index is 0.0427. The van der Waals surface area contributed by atoms with Crippen LogP contribution in [0.25, 0.3) is 0 Å². The van der Waals surface area contributed by atoms with Crippen molar-refractivity contribution in [3.05, 3.63) is 97.8 Å². The fourth-order valence-corrected chi connectivity index (χ4v) is 4.57. The molecular weight excluding hydrogens is 438 g/mol. The lowest BCUT2D eigenvalue weighted by Crippen LogP contribution is -2.47. The third-order valence-electron chi connectivity index (χ3n) is 6.74. The summed E-state index contributed by atoms with van der Waals surface area (Å²) in [7, 11) is 0. The largest absolute Gasteiger partial charge is 0.366 e. The Kier molecular flexibility index (Phi) is 6.97. The summed E-state index contributed by atoms with van der Waals surface area (Å²) < 4.78 is 31.3. The zero-order chi connectivity index (χ0) is 24.4. The van der Waals surface area contributed by atoms with Gasteiger partial charge in [0.05, 0.1) is 13.1 Å². The summed E-state index contributed by atoms with van der Waals surface area (Å²) in [6, 6.07) is 12.2. The normalized spacial score (nSPS) is 15.5. The van der Waals surface area contributed by atoms with E-state index in [1.54, 1.807) is 6.92 Å². The molecule has 0 amide bonds. The van der Waals surface area contributed by atoms with Gasteiger partial charge >= 0.3 is 5.69 Å². The Morgan fingerprint density at radius 1 is 0.971 bits per heavy atom. The summed E-state index contributed by atoms with van der Waals surface area (Å²) in [5.41, 5.74) is 6.66. The van der Waals surface area contributed by atoms with Crippen molar-refractivity contribution in [2.45, 2.75) is 45.8 Å². The maximum absolute atomic E-state index is 14.5. The second-order valence-electron chi connectivity index (χ2n) is 9.11. The molecule has 2 N–H and O–H groups in total. The first-order chi connectivity index (χ1) is 16.3. The van der Waals surface area contributed by atoms with Gasteiger partial charge in [0, 0.05) is 30.4 Å². The molecule has 2 aromatic carbocycles. The van der Waals surface area contributed by atoms with Crippen LogP contribution in [0.15, 0.2) is 58.1 Å². The average molecular weight is 469 g/mol. The van der Waals surface area contributed by atoms with E-state index < -0.39 is 28.9 Å². The minimum Gasteiger partial charge on any atom is -0.366 e. The Bertz CT molecular complexity index is 1260. The molecular formula is C26H30F2N4O2. The van der Waals surface area contributed by atoms with Crippen molar-refractivity contribution in [3.8, 4) is 0 Å². The quantitative estimate of drug-likeness (QED) is 0.600. The van der Waals surface area contributed by atoms with Gasteiger partial charge in [-0.25, -0.2) is 13.6 Å². The number of nitrogens with zero attached hydrogens (tertiary/aromatic N) is 3. The van der Waals surface area contributed by atoms with E-state index in [-0.39, 0.29) is 18.7 Å². The van der Waals surface area contributed by atoms with Gasteiger partial charge in [0.25, 0.3) is 5.56 Å². The molecule has 1 aliphatic rings. The van der Waals surface area contributed by atoms with Crippen molar-refractivity contribution in [2.24, 2.45) is 11.7 Å². The highest BCUT2D eigenvalue weighted by molar-refractivity contribution is 5.49. The Hall–Kier alpha value is -3.26. The van der Waals surface area contributed by atoms with E-state index in [1.165, 1.54) is 10.6 Å². The fourth-order valence-electron chi connectivity index (χ4n) is 4.57. The topological polar surface area (TPSA) is 73.3 Å². The molecule has 2 heterocycles. The highest BCUT2D eigenvalue weighted by atomic mass is 19.1. The van der Waals surface area contributed by atoms with E-state index >= 15 is 0 Å². The van der Waals surface area contributed by atoms with Crippen LogP contribution < -0.4 is 21.9 Å². The van der Waals surface area contributed by atoms with Gasteiger partial charge in [-0.15, -0.1) is 0 Å². The van der Waals surface area contributed by atoms with E-state index in [2.05, 4.69) is 6.92 Å². The number of benzene rings is 2. The summed E-state index contributed by atoms with van der Waals surface area (Å²) in [6.45, 7) is 4.82. The van der Waals surface area contributed by atoms with Crippen LogP contribution in [0.4, 0.5) is 14.5 Å². The van der Waals surface area contributed by atoms with E-state index in [4.69, 9.17) is 5.73 Å². The van der Waals surface area contributed by atoms with Crippen molar-refractivity contribution in [1.82, 2.24) is 9.13 Å². The van der Waals surface area contributed by atoms with Crippen LogP contribution in [0.3, 0.4) is 0 Å². The number of nitrogens with two attached hydrogens (primary N) is 1. The van der Waals surface area contributed by atoms with Crippen LogP contribution in [0.1, 0.15) is 42.6 Å². The van der Waals surface area contributed by atoms with Crippen LogP contribution in [-0.4, -0.2) is 22.2 Å². The Balaban J connectivity index is 1.84. The van der Waals surface area contributed by atoms with Crippen molar-refractivity contribution in [2.75, 3.05) is 18.0 Å². The van der Waals surface area contributed by atoms with Crippen LogP contribution in [0.2, 0.25) is 0 Å². The van der Waals surface area contributed by atoms with Gasteiger partial charge in [0.2, 0.25) is 0 Å². The monoisotopic (exact) mass is 468 g/mol. The molecule has 0 spiro atoms. The molecule has 8 heteroatoms. The minimum atomic E-state index is -0.738. The molecule has 1 saturated heterocycles. The molecule has 6 nitrogen and oxygen atoms in total. The summed E-state index contributed by atoms with van der Waals surface area (Å²) in [6.07, 6.45) is 1.84. The first-order valence-electron chi connectivity index (χ1n) is 11.6. The molecule has 1 aromatic heterocycles. The first-order valence-corrected chi connectivity index (χ1v) is 11.6. The number of piperidine rings is 1. The number of hydrogen-bond acceptors (Lipinski definition) is 4. The van der Waals surface area contributed by atoms with Crippen LogP contribution in [0, 0.1) is 24.5 Å². The molecule has 0 aliphatic carbocycles. The Morgan fingerprint density at radius 3 is 2.21 bits per heavy atom. The molecule has 0 unspecified atom stereocenters. The van der Waals surface area contributed by atoms with Gasteiger partial charge in [-0.3, -0.25) is 13.9 Å². The maximum Gasteiger partial charge on any atom is 0.331 e. The molecule has 0 saturated carbocycles. The first kappa shape index (κ1) is 23.9. The highest BCUT2D eigenvalue weighted by Gasteiger charge is 2.26. The number of anilines is 1. The van der Waals surface area contributed by atoms with Gasteiger partial charge in [0.1, 0.15) is 17.3 Å². The SMILES string of the molecule is Cc1c(N2CCC(C)CC2)c(=O)n(C[C@@H](N)c2ccccc2)c(=O)n1Cc1c(F)cccc1F. The molecule has 1 atom stereocenters. The molecule has 4 rings (SSSR count). The third-order valence-corrected chi connectivity index (χ3v) is 6.74. The van der Waals surface area contributed by atoms with Crippen LogP contribution in [0.5, 0.6) is 0 Å². The number of rotatable bonds is 6. The zero-order valence-electron chi connectivity index (χ0n) is 19.5. The molecule has 1 fully saturated rings. The molecule has 34 heavy (non-hydrogen) atoms. The van der Waals surface area contributed by atoms with Gasteiger partial charge in [-0.2, -0.15) is 0 Å². The summed E-state index contributed by atoms with van der Waals surface area (Å²) in [5, 5.41) is 0. The molecule has 0 radical (unpaired) electrons. The third kappa shape index (κ3) is 4.68. The Labute approximate surface area is 197 Å². The van der Waals surface area contributed by atoms with Crippen LogP contribution in [-0.2, 0) is 13.1 Å². The van der Waals surface area contributed by atoms with E-state index in [9.17, 15) is 18.4 Å². The molecule has 180 valence electrons. The standard InChI is InChI=1S/C26H30F2N4O2/c1-17-11-13-30(14-12-17)24-18(2)31(15-20-21(27)9-6-10-22(20)28)26(34)32(25(24)33)16-23(29)19-7-4-3-5-8-19/h3-10,17,23H,11-16,29H2,1-2H3/t23-/m1/s1. The van der Waals surface area contributed by atoms with Gasteiger partial charge in [-0.1, -0.05) is 43.3 Å². The van der Waals surface area contributed by atoms with E-state index in [0.29, 0.717) is 30.4 Å². The van der Waals surface area contributed by atoms with Crippen LogP contribution >= 0.6 is 0 Å². The Morgan fingerprint density at radius 2 is 1.59 bits per heavy atom. The fraction of sp³-hybridized carbons (Fsp3) is 0.385. The maximum atomic E-state index is 14.5. The molecule has 3 aromatic rings. The highest BCUT2D eigenvalue weighted by Crippen LogP contribution is 2.24. The lowest BCUT2D eigenvalue weighted by atomic mass is 9.99. The summed E-state index contributed by atoms with van der Waals surface area (Å²) in [5.74, 6) is -0.930. The van der Waals surface area contributed by atoms with Gasteiger partial charge in [0.15, 0.2) is 0 Å². The summed E-state index contributed by atoms with van der Waals surface area (Å²) in [4.78, 5) is 29.1. The van der Waals surface area contributed by atoms with Crippen molar-refractivity contribution >= 4 is 5.69 Å². The van der Waals surface area contributed by atoms with E-state index in [0.717, 1.165) is 35.1 Å². The van der Waals surface area contributed by atoms with Crippen molar-refractivity contribution < 1.29 is 8.78 Å².